The van der Waals surface area contributed by atoms with Crippen LogP contribution in [-0.4, -0.2) is 90.0 Å². The minimum absolute atomic E-state index is 0.0645. The highest BCUT2D eigenvalue weighted by Crippen LogP contribution is 2.12. The molecule has 15 nitrogen and oxygen atoms in total. The van der Waals surface area contributed by atoms with Gasteiger partial charge in [0.2, 0.25) is 29.5 Å². The predicted molar refractivity (Wildman–Crippen MR) is 189 cm³/mol. The van der Waals surface area contributed by atoms with E-state index in [9.17, 15) is 38.3 Å². The maximum atomic E-state index is 13.9. The highest BCUT2D eigenvalue weighted by Gasteiger charge is 2.33. The Bertz CT molecular complexity index is 1340. The molecule has 0 aliphatic carbocycles. The molecule has 0 bridgehead atoms. The van der Waals surface area contributed by atoms with E-state index >= 15 is 0 Å². The van der Waals surface area contributed by atoms with Crippen LogP contribution >= 0.6 is 0 Å². The van der Waals surface area contributed by atoms with E-state index in [1.807, 2.05) is 0 Å². The van der Waals surface area contributed by atoms with Crippen molar-refractivity contribution in [3.8, 4) is 0 Å². The molecule has 5 amide bonds. The first-order chi connectivity index (χ1) is 24.2. The van der Waals surface area contributed by atoms with Gasteiger partial charge >= 0.3 is 5.97 Å². The van der Waals surface area contributed by atoms with E-state index in [0.29, 0.717) is 44.3 Å². The monoisotopic (exact) mass is 718 g/mol. The standard InChI is InChI=1S/C35H55FN8O7/c1-21(2)19-29(35(50)51)44-34(49)28(20-22-13-15-23(36)16-14-22)43-33(48)26-10-4-3-9-24(39)30(45)40-25(11-5-7-17-37)31(46)42-27(32(47)41-26)12-6-8-18-38/h3-4,13-16,21,24-29H,5-12,17-20,37-39H2,1-2H3,(H,40,45)(H,41,47)(H,42,46)(H,43,48)(H,44,49)(H,50,51)/b4-3+/t24-,25-,26-,27-,28-,29-/m0/s1. The zero-order chi connectivity index (χ0) is 37.9. The van der Waals surface area contributed by atoms with Crippen LogP contribution in [0, 0.1) is 11.7 Å². The summed E-state index contributed by atoms with van der Waals surface area (Å²) in [6.45, 7) is 4.35. The van der Waals surface area contributed by atoms with Gasteiger partial charge < -0.3 is 48.9 Å². The lowest BCUT2D eigenvalue weighted by atomic mass is 10.0. The maximum Gasteiger partial charge on any atom is 0.326 e. The molecule has 1 aromatic carbocycles. The summed E-state index contributed by atoms with van der Waals surface area (Å²) in [5, 5.41) is 23.0. The predicted octanol–water partition coefficient (Wildman–Crippen LogP) is -0.142. The van der Waals surface area contributed by atoms with Crippen molar-refractivity contribution in [2.75, 3.05) is 13.1 Å². The molecule has 12 N–H and O–H groups in total. The fraction of sp³-hybridized carbons (Fsp3) is 0.600. The van der Waals surface area contributed by atoms with Gasteiger partial charge in [-0.15, -0.1) is 0 Å². The van der Waals surface area contributed by atoms with E-state index in [0.717, 1.165) is 0 Å². The Kier molecular flexibility index (Phi) is 18.8. The van der Waals surface area contributed by atoms with Crippen LogP contribution in [0.2, 0.25) is 0 Å². The average molecular weight is 719 g/mol. The first kappa shape index (κ1) is 42.8. The number of carbonyl (C=O) groups is 6. The van der Waals surface area contributed by atoms with Crippen LogP contribution in [0.5, 0.6) is 0 Å². The second-order valence-corrected chi connectivity index (χ2v) is 13.2. The summed E-state index contributed by atoms with van der Waals surface area (Å²) in [5.41, 5.74) is 17.9. The number of amides is 5. The Morgan fingerprint density at radius 1 is 0.824 bits per heavy atom. The van der Waals surface area contributed by atoms with Crippen molar-refractivity contribution < 1.29 is 38.3 Å². The fourth-order valence-corrected chi connectivity index (χ4v) is 5.46. The lowest BCUT2D eigenvalue weighted by molar-refractivity contribution is -0.142. The quantitative estimate of drug-likeness (QED) is 0.0761. The number of unbranched alkanes of at least 4 members (excludes halogenated alkanes) is 2. The maximum absolute atomic E-state index is 13.9. The van der Waals surface area contributed by atoms with Crippen molar-refractivity contribution in [1.29, 1.82) is 0 Å². The summed E-state index contributed by atoms with van der Waals surface area (Å²) in [4.78, 5) is 79.4. The fourth-order valence-electron chi connectivity index (χ4n) is 5.46. The summed E-state index contributed by atoms with van der Waals surface area (Å²) in [5.74, 6) is -5.20. The van der Waals surface area contributed by atoms with Crippen LogP contribution in [0.3, 0.4) is 0 Å². The number of rotatable bonds is 17. The number of hydrogen-bond donors (Lipinski definition) is 9. The first-order valence-corrected chi connectivity index (χ1v) is 17.5. The molecule has 0 spiro atoms. The molecule has 284 valence electrons. The van der Waals surface area contributed by atoms with Gasteiger partial charge in [0.05, 0.1) is 6.04 Å². The van der Waals surface area contributed by atoms with Crippen molar-refractivity contribution in [2.45, 2.75) is 114 Å². The van der Waals surface area contributed by atoms with Crippen LogP contribution in [0.4, 0.5) is 4.39 Å². The average Bonchev–Trinajstić information content (AvgIpc) is 3.08. The number of carboxylic acids is 1. The lowest BCUT2D eigenvalue weighted by Crippen LogP contribution is -2.59. The highest BCUT2D eigenvalue weighted by molar-refractivity contribution is 5.96. The third kappa shape index (κ3) is 15.6. The van der Waals surface area contributed by atoms with Gasteiger partial charge in [-0.05, 0) is 94.5 Å². The molecule has 1 heterocycles. The number of nitrogens with one attached hydrogen (secondary N) is 5. The van der Waals surface area contributed by atoms with E-state index in [2.05, 4.69) is 26.6 Å². The van der Waals surface area contributed by atoms with Gasteiger partial charge in [-0.1, -0.05) is 38.1 Å². The lowest BCUT2D eigenvalue weighted by Gasteiger charge is -2.27. The van der Waals surface area contributed by atoms with Crippen LogP contribution in [0.15, 0.2) is 36.4 Å². The SMILES string of the molecule is CC(C)C[C@H](NC(=O)[C@H](Cc1ccc(F)cc1)NC(=O)[C@@H]1C/C=C/C[C@H](N)C(=O)N[C@@H](CCCCN)C(=O)N[C@@H](CCCCN)C(=O)N1)C(=O)O. The van der Waals surface area contributed by atoms with Gasteiger partial charge in [0.1, 0.15) is 36.0 Å². The van der Waals surface area contributed by atoms with Gasteiger partial charge in [-0.2, -0.15) is 0 Å². The number of carboxylic acid groups (broad SMARTS) is 1. The smallest absolute Gasteiger partial charge is 0.326 e. The van der Waals surface area contributed by atoms with Crippen molar-refractivity contribution >= 4 is 35.5 Å². The Morgan fingerprint density at radius 3 is 1.92 bits per heavy atom. The van der Waals surface area contributed by atoms with Crippen molar-refractivity contribution in [1.82, 2.24) is 26.6 Å². The van der Waals surface area contributed by atoms with Crippen molar-refractivity contribution in [3.63, 3.8) is 0 Å². The number of carbonyl (C=O) groups excluding carboxylic acids is 5. The first-order valence-electron chi connectivity index (χ1n) is 17.5. The van der Waals surface area contributed by atoms with E-state index < -0.39 is 77.6 Å². The van der Waals surface area contributed by atoms with E-state index in [4.69, 9.17) is 17.2 Å². The Balaban J connectivity index is 2.43. The Labute approximate surface area is 298 Å². The Hall–Kier alpha value is -4.41. The number of aliphatic carboxylic acids is 1. The molecule has 0 fully saturated rings. The number of halogens is 1. The molecule has 1 aliphatic rings. The molecule has 6 atom stereocenters. The number of nitrogens with two attached hydrogens (primary N) is 3. The molecule has 1 aliphatic heterocycles. The molecule has 0 saturated carbocycles. The molecule has 2 rings (SSSR count). The van der Waals surface area contributed by atoms with Gasteiger partial charge in [-0.3, -0.25) is 24.0 Å². The molecule has 51 heavy (non-hydrogen) atoms. The molecular weight excluding hydrogens is 663 g/mol. The zero-order valence-electron chi connectivity index (χ0n) is 29.5. The summed E-state index contributed by atoms with van der Waals surface area (Å²) >= 11 is 0. The van der Waals surface area contributed by atoms with Crippen LogP contribution in [0.1, 0.15) is 77.2 Å². The van der Waals surface area contributed by atoms with E-state index in [1.165, 1.54) is 24.3 Å². The molecule has 0 radical (unpaired) electrons. The second kappa shape index (κ2) is 22.4. The largest absolute Gasteiger partial charge is 0.480 e. The minimum Gasteiger partial charge on any atom is -0.480 e. The van der Waals surface area contributed by atoms with Crippen molar-refractivity contribution in [3.05, 3.63) is 47.8 Å². The Morgan fingerprint density at radius 2 is 1.37 bits per heavy atom. The summed E-state index contributed by atoms with van der Waals surface area (Å²) in [6.07, 6.45) is 5.78. The van der Waals surface area contributed by atoms with Crippen LogP contribution in [0.25, 0.3) is 0 Å². The van der Waals surface area contributed by atoms with Crippen LogP contribution in [-0.2, 0) is 35.2 Å². The number of hydrogen-bond acceptors (Lipinski definition) is 9. The van der Waals surface area contributed by atoms with Gasteiger partial charge in [0.15, 0.2) is 0 Å². The zero-order valence-corrected chi connectivity index (χ0v) is 29.5. The highest BCUT2D eigenvalue weighted by atomic mass is 19.1. The molecule has 16 heteroatoms. The van der Waals surface area contributed by atoms with Crippen LogP contribution < -0.4 is 43.8 Å². The third-order valence-corrected chi connectivity index (χ3v) is 8.37. The van der Waals surface area contributed by atoms with Gasteiger partial charge in [0, 0.05) is 6.42 Å². The van der Waals surface area contributed by atoms with Gasteiger partial charge in [-0.25, -0.2) is 9.18 Å². The molecule has 0 aromatic heterocycles. The summed E-state index contributed by atoms with van der Waals surface area (Å²) in [7, 11) is 0. The molecule has 1 aromatic rings. The van der Waals surface area contributed by atoms with E-state index in [-0.39, 0.29) is 44.4 Å². The minimum atomic E-state index is -1.31. The normalized spacial score (nSPS) is 22.1. The van der Waals surface area contributed by atoms with Gasteiger partial charge in [0.25, 0.3) is 0 Å². The number of benzene rings is 1. The van der Waals surface area contributed by atoms with E-state index in [1.54, 1.807) is 26.0 Å². The summed E-state index contributed by atoms with van der Waals surface area (Å²) < 4.78 is 13.7. The second-order valence-electron chi connectivity index (χ2n) is 13.2. The molecule has 0 unspecified atom stereocenters. The molecular formula is C35H55FN8O7. The molecule has 0 saturated heterocycles. The topological polar surface area (TPSA) is 261 Å². The third-order valence-electron chi connectivity index (χ3n) is 8.37. The van der Waals surface area contributed by atoms with Crippen molar-refractivity contribution in [2.24, 2.45) is 23.1 Å². The summed E-state index contributed by atoms with van der Waals surface area (Å²) in [6, 6.07) is -1.62.